The van der Waals surface area contributed by atoms with Crippen molar-refractivity contribution in [2.45, 2.75) is 0 Å². The Morgan fingerprint density at radius 1 is 0.375 bits per heavy atom. The average molecular weight is 509 g/mol. The minimum atomic E-state index is 0.881. The van der Waals surface area contributed by atoms with Gasteiger partial charge in [0.05, 0.1) is 22.9 Å². The van der Waals surface area contributed by atoms with E-state index in [1.807, 2.05) is 30.5 Å². The third kappa shape index (κ3) is 3.65. The van der Waals surface area contributed by atoms with E-state index in [1.165, 1.54) is 54.6 Å². The van der Waals surface area contributed by atoms with Crippen LogP contribution < -0.4 is 0 Å². The molecule has 0 unspecified atom stereocenters. The Morgan fingerprint density at radius 3 is 1.55 bits per heavy atom. The van der Waals surface area contributed by atoms with E-state index < -0.39 is 0 Å². The molecular weight excluding hydrogens is 484 g/mol. The van der Waals surface area contributed by atoms with Gasteiger partial charge in [0.15, 0.2) is 0 Å². The van der Waals surface area contributed by atoms with Gasteiger partial charge in [0.1, 0.15) is 0 Å². The zero-order valence-electron chi connectivity index (χ0n) is 21.8. The zero-order valence-corrected chi connectivity index (χ0v) is 21.8. The highest BCUT2D eigenvalue weighted by atomic mass is 14.8. The van der Waals surface area contributed by atoms with Crippen molar-refractivity contribution >= 4 is 43.4 Å². The third-order valence-electron chi connectivity index (χ3n) is 7.89. The van der Waals surface area contributed by atoms with Gasteiger partial charge in [0, 0.05) is 5.56 Å². The predicted octanol–water partition coefficient (Wildman–Crippen LogP) is 10.1. The number of rotatable bonds is 3. The number of hydrogen-bond donors (Lipinski definition) is 0. The Bertz CT molecular complexity index is 2150. The highest BCUT2D eigenvalue weighted by Gasteiger charge is 2.17. The van der Waals surface area contributed by atoms with Crippen molar-refractivity contribution in [1.29, 1.82) is 0 Å². The van der Waals surface area contributed by atoms with Gasteiger partial charge in [-0.05, 0) is 72.8 Å². The van der Waals surface area contributed by atoms with E-state index in [2.05, 4.69) is 120 Å². The molecule has 0 amide bonds. The van der Waals surface area contributed by atoms with E-state index in [0.29, 0.717) is 0 Å². The van der Waals surface area contributed by atoms with E-state index >= 15 is 0 Å². The van der Waals surface area contributed by atoms with Crippen LogP contribution in [0.4, 0.5) is 0 Å². The quantitative estimate of drug-likeness (QED) is 0.222. The van der Waals surface area contributed by atoms with Crippen LogP contribution in [0.3, 0.4) is 0 Å². The van der Waals surface area contributed by atoms with Crippen molar-refractivity contribution in [3.8, 4) is 33.5 Å². The normalized spacial score (nSPS) is 11.5. The topological polar surface area (TPSA) is 25.8 Å². The Balaban J connectivity index is 1.33. The van der Waals surface area contributed by atoms with Gasteiger partial charge in [-0.25, -0.2) is 4.98 Å². The molecule has 0 fully saturated rings. The van der Waals surface area contributed by atoms with E-state index in [9.17, 15) is 0 Å². The Morgan fingerprint density at radius 2 is 0.875 bits per heavy atom. The van der Waals surface area contributed by atoms with Gasteiger partial charge in [-0.15, -0.1) is 0 Å². The molecule has 0 bridgehead atoms. The van der Waals surface area contributed by atoms with Crippen LogP contribution in [0.2, 0.25) is 0 Å². The fourth-order valence-electron chi connectivity index (χ4n) is 6.00. The van der Waals surface area contributed by atoms with Gasteiger partial charge in [-0.2, -0.15) is 0 Å². The van der Waals surface area contributed by atoms with Crippen LogP contribution in [-0.2, 0) is 0 Å². The number of aromatic nitrogens is 2. The first-order chi connectivity index (χ1) is 19.8. The van der Waals surface area contributed by atoms with Crippen molar-refractivity contribution < 1.29 is 0 Å². The minimum absolute atomic E-state index is 0.881. The predicted molar refractivity (Wildman–Crippen MR) is 168 cm³/mol. The van der Waals surface area contributed by atoms with Crippen LogP contribution in [-0.4, -0.2) is 9.97 Å². The number of nitrogens with zero attached hydrogens (tertiary/aromatic N) is 2. The molecule has 40 heavy (non-hydrogen) atoms. The van der Waals surface area contributed by atoms with Gasteiger partial charge >= 0.3 is 0 Å². The van der Waals surface area contributed by atoms with Crippen LogP contribution in [0.25, 0.3) is 76.9 Å². The molecule has 8 rings (SSSR count). The van der Waals surface area contributed by atoms with Crippen molar-refractivity contribution in [2.75, 3.05) is 0 Å². The lowest BCUT2D eigenvalue weighted by molar-refractivity contribution is 1.29. The van der Waals surface area contributed by atoms with Crippen LogP contribution in [0.1, 0.15) is 0 Å². The van der Waals surface area contributed by atoms with Crippen molar-refractivity contribution in [3.05, 3.63) is 146 Å². The lowest BCUT2D eigenvalue weighted by Crippen LogP contribution is -1.91. The van der Waals surface area contributed by atoms with Crippen molar-refractivity contribution in [3.63, 3.8) is 0 Å². The summed E-state index contributed by atoms with van der Waals surface area (Å²) >= 11 is 0. The summed E-state index contributed by atoms with van der Waals surface area (Å²) in [4.78, 5) is 9.47. The van der Waals surface area contributed by atoms with Crippen LogP contribution >= 0.6 is 0 Å². The molecule has 0 saturated heterocycles. The van der Waals surface area contributed by atoms with Gasteiger partial charge in [-0.3, -0.25) is 4.98 Å². The Labute approximate surface area is 232 Å². The minimum Gasteiger partial charge on any atom is -0.252 e. The molecule has 1 heterocycles. The molecule has 2 nitrogen and oxygen atoms in total. The first-order valence-corrected chi connectivity index (χ1v) is 13.6. The highest BCUT2D eigenvalue weighted by Crippen LogP contribution is 2.44. The first-order valence-electron chi connectivity index (χ1n) is 13.6. The summed E-state index contributed by atoms with van der Waals surface area (Å²) in [7, 11) is 0. The molecule has 0 aliphatic rings. The van der Waals surface area contributed by atoms with Crippen molar-refractivity contribution in [1.82, 2.24) is 9.97 Å². The lowest BCUT2D eigenvalue weighted by atomic mass is 9.85. The number of para-hydroxylation sites is 2. The van der Waals surface area contributed by atoms with E-state index in [4.69, 9.17) is 4.98 Å². The molecule has 8 aromatic rings. The van der Waals surface area contributed by atoms with Gasteiger partial charge in [-0.1, -0.05) is 121 Å². The molecule has 2 heteroatoms. The summed E-state index contributed by atoms with van der Waals surface area (Å²) in [6.45, 7) is 0. The summed E-state index contributed by atoms with van der Waals surface area (Å²) in [5.41, 5.74) is 8.72. The average Bonchev–Trinajstić information content (AvgIpc) is 3.03. The highest BCUT2D eigenvalue weighted by molar-refractivity contribution is 6.21. The number of benzene rings is 7. The molecular formula is C38H24N2. The first kappa shape index (κ1) is 22.6. The second-order valence-electron chi connectivity index (χ2n) is 10.2. The fourth-order valence-corrected chi connectivity index (χ4v) is 6.00. The summed E-state index contributed by atoms with van der Waals surface area (Å²) in [6, 6.07) is 49.7. The van der Waals surface area contributed by atoms with E-state index in [0.717, 1.165) is 22.3 Å². The standard InChI is InChI=1S/C38H24N2/c1-2-10-28-23-29(22-17-25(28)9-1)38-32-13-5-3-11-30(32)37(31-12-4-6-14-33(31)38)27-20-18-26(19-21-27)36-24-39-34-15-7-8-16-35(34)40-36/h1-24H. The molecule has 0 radical (unpaired) electrons. The zero-order chi connectivity index (χ0) is 26.5. The maximum absolute atomic E-state index is 4.85. The molecule has 0 aliphatic carbocycles. The summed E-state index contributed by atoms with van der Waals surface area (Å²) in [6.07, 6.45) is 1.86. The number of fused-ring (bicyclic) bond motifs is 4. The molecule has 186 valence electrons. The fraction of sp³-hybridized carbons (Fsp3) is 0. The summed E-state index contributed by atoms with van der Waals surface area (Å²) in [5.74, 6) is 0. The lowest BCUT2D eigenvalue weighted by Gasteiger charge is -2.18. The smallest absolute Gasteiger partial charge is 0.0894 e. The van der Waals surface area contributed by atoms with Crippen LogP contribution in [0.5, 0.6) is 0 Å². The second kappa shape index (κ2) is 9.14. The molecule has 0 atom stereocenters. The van der Waals surface area contributed by atoms with E-state index in [-0.39, 0.29) is 0 Å². The number of hydrogen-bond acceptors (Lipinski definition) is 2. The summed E-state index contributed by atoms with van der Waals surface area (Å²) < 4.78 is 0. The maximum atomic E-state index is 4.85. The second-order valence-corrected chi connectivity index (χ2v) is 10.2. The molecule has 0 aliphatic heterocycles. The molecule has 0 spiro atoms. The third-order valence-corrected chi connectivity index (χ3v) is 7.89. The molecule has 0 saturated carbocycles. The SMILES string of the molecule is c1ccc2cc(-c3c4ccccc4c(-c4ccc(-c5cnc6ccccc6n5)cc4)c4ccccc34)ccc2c1. The molecule has 0 N–H and O–H groups in total. The summed E-state index contributed by atoms with van der Waals surface area (Å²) in [5, 5.41) is 7.54. The van der Waals surface area contributed by atoms with Crippen LogP contribution in [0.15, 0.2) is 146 Å². The monoisotopic (exact) mass is 508 g/mol. The largest absolute Gasteiger partial charge is 0.252 e. The van der Waals surface area contributed by atoms with Gasteiger partial charge in [0.2, 0.25) is 0 Å². The van der Waals surface area contributed by atoms with Crippen molar-refractivity contribution in [2.24, 2.45) is 0 Å². The van der Waals surface area contributed by atoms with Gasteiger partial charge < -0.3 is 0 Å². The maximum Gasteiger partial charge on any atom is 0.0894 e. The van der Waals surface area contributed by atoms with Crippen LogP contribution in [0, 0.1) is 0 Å². The Kier molecular flexibility index (Phi) is 5.17. The van der Waals surface area contributed by atoms with E-state index in [1.54, 1.807) is 0 Å². The Hall–Kier alpha value is -5.34. The molecule has 7 aromatic carbocycles. The van der Waals surface area contributed by atoms with Gasteiger partial charge in [0.25, 0.3) is 0 Å². The molecule has 1 aromatic heterocycles.